The van der Waals surface area contributed by atoms with E-state index in [1.54, 1.807) is 6.20 Å². The lowest BCUT2D eigenvalue weighted by Crippen LogP contribution is -1.94. The number of rotatable bonds is 4. The van der Waals surface area contributed by atoms with Crippen LogP contribution in [0.2, 0.25) is 0 Å². The monoisotopic (exact) mass is 231 g/mol. The maximum atomic E-state index is 11.0. The molecule has 0 aliphatic heterocycles. The van der Waals surface area contributed by atoms with Crippen molar-refractivity contribution in [2.45, 2.75) is 26.7 Å². The number of benzene rings is 1. The van der Waals surface area contributed by atoms with Crippen LogP contribution in [0.3, 0.4) is 0 Å². The molecule has 0 aliphatic rings. The summed E-state index contributed by atoms with van der Waals surface area (Å²) in [5, 5.41) is 9.78. The zero-order valence-corrected chi connectivity index (χ0v) is 10.2. The van der Waals surface area contributed by atoms with Crippen molar-refractivity contribution in [1.29, 1.82) is 0 Å². The molecule has 0 spiro atoms. The van der Waals surface area contributed by atoms with Crippen molar-refractivity contribution < 1.29 is 9.90 Å². The highest BCUT2D eigenvalue weighted by Gasteiger charge is 2.10. The normalized spacial score (nSPS) is 11.2. The summed E-state index contributed by atoms with van der Waals surface area (Å²) in [6.45, 7) is 4.41. The number of aromatic amines is 1. The van der Waals surface area contributed by atoms with Gasteiger partial charge >= 0.3 is 5.97 Å². The number of H-pyrrole nitrogens is 1. The quantitative estimate of drug-likeness (QED) is 0.846. The number of carboxylic acids is 1. The average Bonchev–Trinajstić information content (AvgIpc) is 2.69. The number of aromatic carboxylic acids is 1. The molecule has 3 nitrogen and oxygen atoms in total. The van der Waals surface area contributed by atoms with Crippen molar-refractivity contribution in [3.63, 3.8) is 0 Å². The highest BCUT2D eigenvalue weighted by atomic mass is 16.4. The largest absolute Gasteiger partial charge is 0.478 e. The lowest BCUT2D eigenvalue weighted by Gasteiger charge is -2.04. The van der Waals surface area contributed by atoms with Gasteiger partial charge in [0.25, 0.3) is 0 Å². The molecule has 1 heterocycles. The van der Waals surface area contributed by atoms with Gasteiger partial charge in [-0.3, -0.25) is 0 Å². The van der Waals surface area contributed by atoms with Crippen LogP contribution in [0.5, 0.6) is 0 Å². The lowest BCUT2D eigenvalue weighted by atomic mass is 10.0. The molecule has 1 aromatic heterocycles. The number of aryl methyl sites for hydroxylation is 1. The number of nitrogens with one attached hydrogen (secondary N) is 1. The molecule has 0 amide bonds. The Kier molecular flexibility index (Phi) is 3.18. The Balaban J connectivity index is 2.29. The number of carbonyl (C=O) groups is 1. The van der Waals surface area contributed by atoms with Crippen LogP contribution < -0.4 is 0 Å². The molecule has 0 atom stereocenters. The van der Waals surface area contributed by atoms with Crippen molar-refractivity contribution >= 4 is 16.9 Å². The first-order chi connectivity index (χ1) is 8.08. The van der Waals surface area contributed by atoms with E-state index in [4.69, 9.17) is 5.11 Å². The molecule has 17 heavy (non-hydrogen) atoms. The van der Waals surface area contributed by atoms with E-state index in [-0.39, 0.29) is 0 Å². The van der Waals surface area contributed by atoms with Gasteiger partial charge in [-0.25, -0.2) is 4.79 Å². The van der Waals surface area contributed by atoms with Crippen LogP contribution >= 0.6 is 0 Å². The summed E-state index contributed by atoms with van der Waals surface area (Å²) in [6.07, 6.45) is 3.74. The minimum absolute atomic E-state index is 0.343. The SMILES string of the molecule is CC(C)CCc1ccc2c(C(=O)O)c[nH]c2c1. The second kappa shape index (κ2) is 4.62. The summed E-state index contributed by atoms with van der Waals surface area (Å²) in [5.41, 5.74) is 2.50. The van der Waals surface area contributed by atoms with Crippen LogP contribution in [-0.4, -0.2) is 16.1 Å². The Bertz CT molecular complexity index is 540. The van der Waals surface area contributed by atoms with E-state index in [2.05, 4.69) is 18.8 Å². The molecule has 3 heteroatoms. The van der Waals surface area contributed by atoms with E-state index in [1.807, 2.05) is 18.2 Å². The van der Waals surface area contributed by atoms with Crippen LogP contribution in [0.15, 0.2) is 24.4 Å². The van der Waals surface area contributed by atoms with Crippen LogP contribution in [0, 0.1) is 5.92 Å². The van der Waals surface area contributed by atoms with Crippen LogP contribution in [-0.2, 0) is 6.42 Å². The van der Waals surface area contributed by atoms with E-state index >= 15 is 0 Å². The first-order valence-electron chi connectivity index (χ1n) is 5.91. The minimum atomic E-state index is -0.883. The van der Waals surface area contributed by atoms with Crippen LogP contribution in [0.4, 0.5) is 0 Å². The summed E-state index contributed by atoms with van der Waals surface area (Å²) < 4.78 is 0. The number of carboxylic acid groups (broad SMARTS) is 1. The molecule has 0 unspecified atom stereocenters. The van der Waals surface area contributed by atoms with Crippen molar-refractivity contribution in [2.75, 3.05) is 0 Å². The maximum absolute atomic E-state index is 11.0. The molecule has 0 fully saturated rings. The summed E-state index contributed by atoms with van der Waals surface area (Å²) >= 11 is 0. The molecule has 2 N–H and O–H groups in total. The van der Waals surface area contributed by atoms with Gasteiger partial charge in [-0.05, 0) is 30.4 Å². The molecular weight excluding hydrogens is 214 g/mol. The molecule has 2 rings (SSSR count). The zero-order chi connectivity index (χ0) is 12.4. The third-order valence-corrected chi connectivity index (χ3v) is 2.99. The Hall–Kier alpha value is -1.77. The Morgan fingerprint density at radius 3 is 2.82 bits per heavy atom. The highest BCUT2D eigenvalue weighted by molar-refractivity contribution is 6.03. The van der Waals surface area contributed by atoms with E-state index in [1.165, 1.54) is 5.56 Å². The van der Waals surface area contributed by atoms with Gasteiger partial charge in [0.1, 0.15) is 0 Å². The first kappa shape index (κ1) is 11.7. The van der Waals surface area contributed by atoms with Crippen molar-refractivity contribution in [2.24, 2.45) is 5.92 Å². The lowest BCUT2D eigenvalue weighted by molar-refractivity contribution is 0.0699. The predicted molar refractivity (Wildman–Crippen MR) is 68.4 cm³/mol. The Morgan fingerprint density at radius 2 is 2.18 bits per heavy atom. The number of hydrogen-bond acceptors (Lipinski definition) is 1. The summed E-state index contributed by atoms with van der Waals surface area (Å²) in [6, 6.07) is 5.96. The average molecular weight is 231 g/mol. The summed E-state index contributed by atoms with van der Waals surface area (Å²) in [5.74, 6) is -0.199. The third-order valence-electron chi connectivity index (χ3n) is 2.99. The number of aromatic nitrogens is 1. The molecule has 2 aromatic rings. The number of hydrogen-bond donors (Lipinski definition) is 2. The summed E-state index contributed by atoms with van der Waals surface area (Å²) in [4.78, 5) is 14.0. The maximum Gasteiger partial charge on any atom is 0.337 e. The van der Waals surface area contributed by atoms with E-state index in [0.717, 1.165) is 23.7 Å². The van der Waals surface area contributed by atoms with Gasteiger partial charge in [0, 0.05) is 17.1 Å². The number of fused-ring (bicyclic) bond motifs is 1. The van der Waals surface area contributed by atoms with Crippen molar-refractivity contribution in [1.82, 2.24) is 4.98 Å². The second-order valence-electron chi connectivity index (χ2n) is 4.82. The van der Waals surface area contributed by atoms with Gasteiger partial charge in [0.15, 0.2) is 0 Å². The standard InChI is InChI=1S/C14H17NO2/c1-9(2)3-4-10-5-6-11-12(14(16)17)8-15-13(11)7-10/h5-9,15H,3-4H2,1-2H3,(H,16,17). The fourth-order valence-electron chi connectivity index (χ4n) is 1.96. The molecule has 0 aliphatic carbocycles. The fraction of sp³-hybridized carbons (Fsp3) is 0.357. The van der Waals surface area contributed by atoms with Gasteiger partial charge in [-0.1, -0.05) is 26.0 Å². The second-order valence-corrected chi connectivity index (χ2v) is 4.82. The molecular formula is C14H17NO2. The van der Waals surface area contributed by atoms with Crippen molar-refractivity contribution in [3.05, 3.63) is 35.5 Å². The minimum Gasteiger partial charge on any atom is -0.478 e. The molecule has 1 aromatic carbocycles. The van der Waals surface area contributed by atoms with Crippen LogP contribution in [0.25, 0.3) is 10.9 Å². The van der Waals surface area contributed by atoms with Gasteiger partial charge < -0.3 is 10.1 Å². The van der Waals surface area contributed by atoms with Crippen molar-refractivity contribution in [3.8, 4) is 0 Å². The first-order valence-corrected chi connectivity index (χ1v) is 5.91. The van der Waals surface area contributed by atoms with Gasteiger partial charge in [-0.15, -0.1) is 0 Å². The van der Waals surface area contributed by atoms with Gasteiger partial charge in [0.05, 0.1) is 5.56 Å². The highest BCUT2D eigenvalue weighted by Crippen LogP contribution is 2.21. The zero-order valence-electron chi connectivity index (χ0n) is 10.2. The molecule has 0 bridgehead atoms. The summed E-state index contributed by atoms with van der Waals surface area (Å²) in [7, 11) is 0. The van der Waals surface area contributed by atoms with E-state index < -0.39 is 5.97 Å². The Morgan fingerprint density at radius 1 is 1.41 bits per heavy atom. The van der Waals surface area contributed by atoms with Gasteiger partial charge in [-0.2, -0.15) is 0 Å². The third kappa shape index (κ3) is 2.49. The molecule has 0 saturated heterocycles. The van der Waals surface area contributed by atoms with E-state index in [9.17, 15) is 4.79 Å². The molecule has 0 saturated carbocycles. The van der Waals surface area contributed by atoms with E-state index in [0.29, 0.717) is 11.5 Å². The molecule has 0 radical (unpaired) electrons. The topological polar surface area (TPSA) is 53.1 Å². The van der Waals surface area contributed by atoms with Crippen LogP contribution in [0.1, 0.15) is 36.2 Å². The van der Waals surface area contributed by atoms with Gasteiger partial charge in [0.2, 0.25) is 0 Å². The fourth-order valence-corrected chi connectivity index (χ4v) is 1.96. The predicted octanol–water partition coefficient (Wildman–Crippen LogP) is 3.45. The smallest absolute Gasteiger partial charge is 0.337 e. The Labute approximate surface area is 100 Å². The molecule has 90 valence electrons.